The Balaban J connectivity index is 1.75. The molecule has 2 aliphatic rings. The van der Waals surface area contributed by atoms with Crippen molar-refractivity contribution in [3.8, 4) is 0 Å². The van der Waals surface area contributed by atoms with Crippen LogP contribution >= 0.6 is 15.9 Å². The first kappa shape index (κ1) is 13.4. The summed E-state index contributed by atoms with van der Waals surface area (Å²) in [6.45, 7) is 3.09. The summed E-state index contributed by atoms with van der Waals surface area (Å²) in [5, 5.41) is 3.19. The summed E-state index contributed by atoms with van der Waals surface area (Å²) in [5.41, 5.74) is 0. The zero-order chi connectivity index (χ0) is 12.3. The summed E-state index contributed by atoms with van der Waals surface area (Å²) in [4.78, 5) is 12.7. The molecule has 0 heterocycles. The van der Waals surface area contributed by atoms with Crippen LogP contribution in [-0.4, -0.2) is 17.3 Å². The summed E-state index contributed by atoms with van der Waals surface area (Å²) in [7, 11) is 0. The first-order valence-corrected chi connectivity index (χ1v) is 8.02. The lowest BCUT2D eigenvalue weighted by Crippen LogP contribution is -2.38. The molecule has 2 saturated carbocycles. The Bertz CT molecular complexity index is 269. The molecule has 3 heteroatoms. The van der Waals surface area contributed by atoms with Gasteiger partial charge in [0.05, 0.1) is 0 Å². The van der Waals surface area contributed by atoms with Gasteiger partial charge >= 0.3 is 0 Å². The average molecular weight is 302 g/mol. The number of hydrogen-bond donors (Lipinski definition) is 1. The molecule has 0 aromatic carbocycles. The first-order valence-electron chi connectivity index (χ1n) is 7.10. The number of halogens is 1. The Labute approximate surface area is 113 Å². The van der Waals surface area contributed by atoms with Crippen LogP contribution in [0.4, 0.5) is 0 Å². The quantitative estimate of drug-likeness (QED) is 0.794. The molecule has 0 radical (unpaired) electrons. The van der Waals surface area contributed by atoms with Gasteiger partial charge < -0.3 is 5.32 Å². The SMILES string of the molecule is CC1CCCC1C(=O)NCC1CCCCC1Br. The normalized spacial score (nSPS) is 38.0. The van der Waals surface area contributed by atoms with Crippen molar-refractivity contribution in [1.29, 1.82) is 0 Å². The molecule has 4 unspecified atom stereocenters. The summed E-state index contributed by atoms with van der Waals surface area (Å²) in [6, 6.07) is 0. The predicted octanol–water partition coefficient (Wildman–Crippen LogP) is 3.49. The van der Waals surface area contributed by atoms with Gasteiger partial charge in [-0.05, 0) is 37.5 Å². The molecule has 0 spiro atoms. The second kappa shape index (κ2) is 6.21. The maximum absolute atomic E-state index is 12.1. The molecule has 0 aromatic rings. The van der Waals surface area contributed by atoms with Crippen molar-refractivity contribution in [2.24, 2.45) is 17.8 Å². The standard InChI is InChI=1S/C14H24BrNO/c1-10-5-4-7-12(10)14(17)16-9-11-6-2-3-8-13(11)15/h10-13H,2-9H2,1H3,(H,16,17). The molecular formula is C14H24BrNO. The Kier molecular flexibility index (Phi) is 4.89. The fourth-order valence-corrected chi connectivity index (χ4v) is 4.07. The van der Waals surface area contributed by atoms with Crippen molar-refractivity contribution in [2.45, 2.75) is 56.7 Å². The van der Waals surface area contributed by atoms with Crippen molar-refractivity contribution in [3.05, 3.63) is 0 Å². The fraction of sp³-hybridized carbons (Fsp3) is 0.929. The summed E-state index contributed by atoms with van der Waals surface area (Å²) in [6.07, 6.45) is 8.72. The van der Waals surface area contributed by atoms with Gasteiger partial charge in [-0.2, -0.15) is 0 Å². The van der Waals surface area contributed by atoms with E-state index in [1.54, 1.807) is 0 Å². The van der Waals surface area contributed by atoms with Crippen LogP contribution in [-0.2, 0) is 4.79 Å². The Morgan fingerprint density at radius 3 is 2.59 bits per heavy atom. The lowest BCUT2D eigenvalue weighted by molar-refractivity contribution is -0.126. The molecule has 4 atom stereocenters. The number of carbonyl (C=O) groups excluding carboxylic acids is 1. The highest BCUT2D eigenvalue weighted by atomic mass is 79.9. The molecule has 2 rings (SSSR count). The molecule has 2 nitrogen and oxygen atoms in total. The second-order valence-corrected chi connectivity index (χ2v) is 7.00. The van der Waals surface area contributed by atoms with Gasteiger partial charge in [-0.1, -0.05) is 42.1 Å². The smallest absolute Gasteiger partial charge is 0.223 e. The minimum Gasteiger partial charge on any atom is -0.356 e. The fourth-order valence-electron chi connectivity index (χ4n) is 3.29. The van der Waals surface area contributed by atoms with Gasteiger partial charge in [0.15, 0.2) is 0 Å². The van der Waals surface area contributed by atoms with Crippen LogP contribution in [0.5, 0.6) is 0 Å². The van der Waals surface area contributed by atoms with Gasteiger partial charge in [0, 0.05) is 17.3 Å². The third kappa shape index (κ3) is 3.46. The number of nitrogens with one attached hydrogen (secondary N) is 1. The molecule has 98 valence electrons. The molecule has 0 bridgehead atoms. The number of alkyl halides is 1. The van der Waals surface area contributed by atoms with Gasteiger partial charge in [-0.15, -0.1) is 0 Å². The lowest BCUT2D eigenvalue weighted by atomic mass is 9.89. The van der Waals surface area contributed by atoms with Crippen molar-refractivity contribution < 1.29 is 4.79 Å². The van der Waals surface area contributed by atoms with Gasteiger partial charge in [-0.3, -0.25) is 4.79 Å². The van der Waals surface area contributed by atoms with Crippen LogP contribution < -0.4 is 5.32 Å². The van der Waals surface area contributed by atoms with Gasteiger partial charge in [0.2, 0.25) is 5.91 Å². The van der Waals surface area contributed by atoms with Crippen LogP contribution in [0.25, 0.3) is 0 Å². The molecule has 1 N–H and O–H groups in total. The van der Waals surface area contributed by atoms with Crippen molar-refractivity contribution in [1.82, 2.24) is 5.32 Å². The van der Waals surface area contributed by atoms with E-state index in [2.05, 4.69) is 28.2 Å². The van der Waals surface area contributed by atoms with E-state index >= 15 is 0 Å². The topological polar surface area (TPSA) is 29.1 Å². The van der Waals surface area contributed by atoms with Crippen LogP contribution in [0.1, 0.15) is 51.9 Å². The Morgan fingerprint density at radius 2 is 1.94 bits per heavy atom. The van der Waals surface area contributed by atoms with Crippen LogP contribution in [0, 0.1) is 17.8 Å². The number of amides is 1. The molecule has 1 amide bonds. The summed E-state index contributed by atoms with van der Waals surface area (Å²) < 4.78 is 0. The second-order valence-electron chi connectivity index (χ2n) is 5.82. The molecular weight excluding hydrogens is 278 g/mol. The van der Waals surface area contributed by atoms with Gasteiger partial charge in [-0.25, -0.2) is 0 Å². The average Bonchev–Trinajstić information content (AvgIpc) is 2.74. The molecule has 17 heavy (non-hydrogen) atoms. The minimum atomic E-state index is 0.285. The van der Waals surface area contributed by atoms with Crippen LogP contribution in [0.3, 0.4) is 0 Å². The van der Waals surface area contributed by atoms with E-state index < -0.39 is 0 Å². The summed E-state index contributed by atoms with van der Waals surface area (Å²) in [5.74, 6) is 1.82. The zero-order valence-electron chi connectivity index (χ0n) is 10.8. The number of rotatable bonds is 3. The van der Waals surface area contributed by atoms with E-state index in [1.807, 2.05) is 0 Å². The van der Waals surface area contributed by atoms with E-state index in [0.29, 0.717) is 22.6 Å². The molecule has 2 fully saturated rings. The first-order chi connectivity index (χ1) is 8.18. The van der Waals surface area contributed by atoms with E-state index in [0.717, 1.165) is 13.0 Å². The van der Waals surface area contributed by atoms with Crippen molar-refractivity contribution >= 4 is 21.8 Å². The zero-order valence-corrected chi connectivity index (χ0v) is 12.3. The van der Waals surface area contributed by atoms with Gasteiger partial charge in [0.1, 0.15) is 0 Å². The monoisotopic (exact) mass is 301 g/mol. The third-order valence-electron chi connectivity index (χ3n) is 4.55. The van der Waals surface area contributed by atoms with Crippen LogP contribution in [0.15, 0.2) is 0 Å². The third-order valence-corrected chi connectivity index (χ3v) is 5.76. The van der Waals surface area contributed by atoms with Gasteiger partial charge in [0.25, 0.3) is 0 Å². The Morgan fingerprint density at radius 1 is 1.18 bits per heavy atom. The maximum Gasteiger partial charge on any atom is 0.223 e. The lowest BCUT2D eigenvalue weighted by Gasteiger charge is -2.28. The summed E-state index contributed by atoms with van der Waals surface area (Å²) >= 11 is 3.75. The largest absolute Gasteiger partial charge is 0.356 e. The van der Waals surface area contributed by atoms with Crippen LogP contribution in [0.2, 0.25) is 0 Å². The van der Waals surface area contributed by atoms with E-state index in [1.165, 1.54) is 38.5 Å². The number of hydrogen-bond acceptors (Lipinski definition) is 1. The van der Waals surface area contributed by atoms with E-state index in [-0.39, 0.29) is 5.92 Å². The minimum absolute atomic E-state index is 0.285. The predicted molar refractivity (Wildman–Crippen MR) is 74.2 cm³/mol. The van der Waals surface area contributed by atoms with E-state index in [9.17, 15) is 4.79 Å². The number of carbonyl (C=O) groups is 1. The highest BCUT2D eigenvalue weighted by molar-refractivity contribution is 9.09. The molecule has 0 saturated heterocycles. The van der Waals surface area contributed by atoms with Crippen molar-refractivity contribution in [3.63, 3.8) is 0 Å². The Hall–Kier alpha value is -0.0500. The molecule has 2 aliphatic carbocycles. The highest BCUT2D eigenvalue weighted by Gasteiger charge is 2.30. The van der Waals surface area contributed by atoms with E-state index in [4.69, 9.17) is 0 Å². The van der Waals surface area contributed by atoms with Crippen molar-refractivity contribution in [2.75, 3.05) is 6.54 Å². The molecule has 0 aliphatic heterocycles. The maximum atomic E-state index is 12.1. The highest BCUT2D eigenvalue weighted by Crippen LogP contribution is 2.32. The molecule has 0 aromatic heterocycles.